The standard InChI is InChI=1S/C20H20N8O2/c1-15(16-7-9-17(10-8-16)27-14-21-13-22-27)23-20(29)11-28-25-19(24-26-28)12-30-18-5-3-2-4-6-18/h2-10,13-15H,11-12H2,1H3,(H,23,29)/t15-/m0/s1. The number of carbonyl (C=O) groups is 1. The van der Waals surface area contributed by atoms with Crippen molar-refractivity contribution in [2.24, 2.45) is 0 Å². The van der Waals surface area contributed by atoms with E-state index in [2.05, 4.69) is 30.8 Å². The van der Waals surface area contributed by atoms with Gasteiger partial charge in [0.25, 0.3) is 0 Å². The molecule has 2 heterocycles. The van der Waals surface area contributed by atoms with E-state index in [4.69, 9.17) is 4.74 Å². The molecule has 30 heavy (non-hydrogen) atoms. The summed E-state index contributed by atoms with van der Waals surface area (Å²) in [6.45, 7) is 2.07. The van der Waals surface area contributed by atoms with Crippen LogP contribution in [0.25, 0.3) is 5.69 Å². The van der Waals surface area contributed by atoms with Crippen LogP contribution in [-0.2, 0) is 17.9 Å². The fraction of sp³-hybridized carbons (Fsp3) is 0.200. The first-order valence-corrected chi connectivity index (χ1v) is 9.36. The smallest absolute Gasteiger partial charge is 0.244 e. The molecule has 1 atom stereocenters. The summed E-state index contributed by atoms with van der Waals surface area (Å²) >= 11 is 0. The maximum absolute atomic E-state index is 12.3. The number of para-hydroxylation sites is 1. The van der Waals surface area contributed by atoms with Crippen molar-refractivity contribution in [3.63, 3.8) is 0 Å². The summed E-state index contributed by atoms with van der Waals surface area (Å²) in [6.07, 6.45) is 3.11. The zero-order chi connectivity index (χ0) is 20.8. The van der Waals surface area contributed by atoms with Gasteiger partial charge in [0, 0.05) is 0 Å². The summed E-state index contributed by atoms with van der Waals surface area (Å²) in [5.74, 6) is 0.912. The Bertz CT molecular complexity index is 1080. The Balaban J connectivity index is 1.28. The molecule has 4 aromatic rings. The summed E-state index contributed by atoms with van der Waals surface area (Å²) in [6, 6.07) is 16.9. The zero-order valence-corrected chi connectivity index (χ0v) is 16.3. The van der Waals surface area contributed by atoms with Gasteiger partial charge in [0.1, 0.15) is 24.9 Å². The van der Waals surface area contributed by atoms with Crippen molar-refractivity contribution in [3.05, 3.63) is 78.6 Å². The second kappa shape index (κ2) is 8.95. The molecule has 0 fully saturated rings. The first-order chi connectivity index (χ1) is 14.7. The molecule has 4 rings (SSSR count). The monoisotopic (exact) mass is 404 g/mol. The Kier molecular flexibility index (Phi) is 5.74. The molecular formula is C20H20N8O2. The van der Waals surface area contributed by atoms with Gasteiger partial charge >= 0.3 is 0 Å². The van der Waals surface area contributed by atoms with Crippen LogP contribution in [0.2, 0.25) is 0 Å². The highest BCUT2D eigenvalue weighted by Gasteiger charge is 2.13. The van der Waals surface area contributed by atoms with Crippen molar-refractivity contribution >= 4 is 5.91 Å². The van der Waals surface area contributed by atoms with Gasteiger partial charge in [-0.25, -0.2) is 9.67 Å². The molecule has 1 amide bonds. The molecule has 0 aliphatic carbocycles. The van der Waals surface area contributed by atoms with E-state index in [1.54, 1.807) is 11.0 Å². The molecule has 0 aliphatic rings. The number of nitrogens with one attached hydrogen (secondary N) is 1. The summed E-state index contributed by atoms with van der Waals surface area (Å²) in [5.41, 5.74) is 1.86. The van der Waals surface area contributed by atoms with E-state index >= 15 is 0 Å². The Morgan fingerprint density at radius 3 is 2.67 bits per heavy atom. The number of benzene rings is 2. The second-order valence-electron chi connectivity index (χ2n) is 6.56. The number of hydrogen-bond donors (Lipinski definition) is 1. The average molecular weight is 404 g/mol. The second-order valence-corrected chi connectivity index (χ2v) is 6.56. The lowest BCUT2D eigenvalue weighted by Crippen LogP contribution is -2.30. The number of hydrogen-bond acceptors (Lipinski definition) is 7. The van der Waals surface area contributed by atoms with Crippen LogP contribution < -0.4 is 10.1 Å². The molecule has 10 heteroatoms. The van der Waals surface area contributed by atoms with Crippen LogP contribution >= 0.6 is 0 Å². The Hall–Kier alpha value is -4.08. The van der Waals surface area contributed by atoms with E-state index in [9.17, 15) is 4.79 Å². The predicted octanol–water partition coefficient (Wildman–Crippen LogP) is 1.71. The van der Waals surface area contributed by atoms with Crippen molar-refractivity contribution in [2.45, 2.75) is 26.1 Å². The molecule has 10 nitrogen and oxygen atoms in total. The predicted molar refractivity (Wildman–Crippen MR) is 107 cm³/mol. The molecule has 2 aromatic carbocycles. The van der Waals surface area contributed by atoms with Gasteiger partial charge in [-0.1, -0.05) is 30.3 Å². The van der Waals surface area contributed by atoms with Crippen molar-refractivity contribution in [2.75, 3.05) is 0 Å². The van der Waals surface area contributed by atoms with Crippen LogP contribution in [0, 0.1) is 0 Å². The Morgan fingerprint density at radius 2 is 1.93 bits per heavy atom. The van der Waals surface area contributed by atoms with Crippen molar-refractivity contribution in [1.29, 1.82) is 0 Å². The number of amides is 1. The number of nitrogens with zero attached hydrogens (tertiary/aromatic N) is 7. The van der Waals surface area contributed by atoms with Crippen molar-refractivity contribution in [1.82, 2.24) is 40.3 Å². The molecule has 0 radical (unpaired) electrons. The van der Waals surface area contributed by atoms with E-state index in [0.717, 1.165) is 17.0 Å². The molecule has 0 saturated heterocycles. The molecule has 0 aliphatic heterocycles. The van der Waals surface area contributed by atoms with Gasteiger partial charge in [-0.05, 0) is 42.0 Å². The number of ether oxygens (including phenoxy) is 1. The summed E-state index contributed by atoms with van der Waals surface area (Å²) in [5, 5.41) is 19.0. The van der Waals surface area contributed by atoms with Crippen LogP contribution in [-0.4, -0.2) is 40.9 Å². The van der Waals surface area contributed by atoms with E-state index < -0.39 is 0 Å². The highest BCUT2D eigenvalue weighted by atomic mass is 16.5. The van der Waals surface area contributed by atoms with Crippen LogP contribution in [0.1, 0.15) is 24.4 Å². The quantitative estimate of drug-likeness (QED) is 0.476. The number of aromatic nitrogens is 7. The van der Waals surface area contributed by atoms with E-state index in [1.165, 1.54) is 11.1 Å². The number of rotatable bonds is 8. The Labute approximate surface area is 172 Å². The van der Waals surface area contributed by atoms with Gasteiger partial charge in [0.2, 0.25) is 11.7 Å². The van der Waals surface area contributed by atoms with Crippen LogP contribution in [0.4, 0.5) is 0 Å². The minimum Gasteiger partial charge on any atom is -0.485 e. The number of carbonyl (C=O) groups excluding carboxylic acids is 1. The molecule has 152 valence electrons. The lowest BCUT2D eigenvalue weighted by Gasteiger charge is -2.14. The van der Waals surface area contributed by atoms with Gasteiger partial charge in [0.05, 0.1) is 11.7 Å². The Morgan fingerprint density at radius 1 is 1.13 bits per heavy atom. The third-order valence-electron chi connectivity index (χ3n) is 4.34. The van der Waals surface area contributed by atoms with Gasteiger partial charge in [-0.3, -0.25) is 4.79 Å². The topological polar surface area (TPSA) is 113 Å². The van der Waals surface area contributed by atoms with Gasteiger partial charge in [-0.2, -0.15) is 9.90 Å². The lowest BCUT2D eigenvalue weighted by atomic mass is 10.1. The third-order valence-corrected chi connectivity index (χ3v) is 4.34. The first kappa shape index (κ1) is 19.2. The summed E-state index contributed by atoms with van der Waals surface area (Å²) in [7, 11) is 0. The van der Waals surface area contributed by atoms with Crippen molar-refractivity contribution < 1.29 is 9.53 Å². The normalized spacial score (nSPS) is 11.8. The van der Waals surface area contributed by atoms with Crippen molar-refractivity contribution in [3.8, 4) is 11.4 Å². The SMILES string of the molecule is C[C@H](NC(=O)Cn1nnc(COc2ccccc2)n1)c1ccc(-n2cncn2)cc1. The summed E-state index contributed by atoms with van der Waals surface area (Å²) in [4.78, 5) is 17.5. The minimum absolute atomic E-state index is 0.0281. The third kappa shape index (κ3) is 4.85. The van der Waals surface area contributed by atoms with E-state index in [-0.39, 0.29) is 25.1 Å². The van der Waals surface area contributed by atoms with E-state index in [1.807, 2.05) is 61.5 Å². The van der Waals surface area contributed by atoms with Crippen LogP contribution in [0.15, 0.2) is 67.3 Å². The fourth-order valence-corrected chi connectivity index (χ4v) is 2.82. The fourth-order valence-electron chi connectivity index (χ4n) is 2.82. The van der Waals surface area contributed by atoms with Gasteiger partial charge in [0.15, 0.2) is 6.61 Å². The maximum Gasteiger partial charge on any atom is 0.244 e. The van der Waals surface area contributed by atoms with E-state index in [0.29, 0.717) is 5.82 Å². The lowest BCUT2D eigenvalue weighted by molar-refractivity contribution is -0.122. The maximum atomic E-state index is 12.3. The zero-order valence-electron chi connectivity index (χ0n) is 16.3. The molecule has 0 spiro atoms. The molecule has 1 N–H and O–H groups in total. The minimum atomic E-state index is -0.212. The molecule has 0 saturated carbocycles. The molecular weight excluding hydrogens is 384 g/mol. The molecule has 0 unspecified atom stereocenters. The molecule has 0 bridgehead atoms. The van der Waals surface area contributed by atoms with Crippen LogP contribution in [0.5, 0.6) is 5.75 Å². The largest absolute Gasteiger partial charge is 0.485 e. The highest BCUT2D eigenvalue weighted by Crippen LogP contribution is 2.15. The average Bonchev–Trinajstić information content (AvgIpc) is 3.45. The van der Waals surface area contributed by atoms with Crippen LogP contribution in [0.3, 0.4) is 0 Å². The molecule has 2 aromatic heterocycles. The highest BCUT2D eigenvalue weighted by molar-refractivity contribution is 5.76. The van der Waals surface area contributed by atoms with Gasteiger partial charge in [-0.15, -0.1) is 10.2 Å². The number of tetrazole rings is 1. The van der Waals surface area contributed by atoms with Gasteiger partial charge < -0.3 is 10.1 Å². The first-order valence-electron chi connectivity index (χ1n) is 9.36. The summed E-state index contributed by atoms with van der Waals surface area (Å²) < 4.78 is 7.25.